The van der Waals surface area contributed by atoms with E-state index in [4.69, 9.17) is 0 Å². The van der Waals surface area contributed by atoms with E-state index in [9.17, 15) is 19.7 Å². The minimum Gasteiger partial charge on any atom is -0.268 e. The minimum atomic E-state index is -0.504. The van der Waals surface area contributed by atoms with Crippen molar-refractivity contribution in [1.82, 2.24) is 0 Å². The molecule has 0 atom stereocenters. The third-order valence-electron chi connectivity index (χ3n) is 4.86. The van der Waals surface area contributed by atoms with Crippen molar-refractivity contribution in [3.05, 3.63) is 99.6 Å². The number of hydrogen-bond donors (Lipinski definition) is 0. The van der Waals surface area contributed by atoms with Crippen molar-refractivity contribution in [2.75, 3.05) is 10.7 Å². The number of hydrogen-bond acceptors (Lipinski definition) is 5. The molecule has 0 saturated carbocycles. The van der Waals surface area contributed by atoms with Crippen LogP contribution in [-0.4, -0.2) is 22.5 Å². The Labute approximate surface area is 177 Å². The highest BCUT2D eigenvalue weighted by atomic mass is 32.2. The molecule has 2 amide bonds. The molecular weight excluding hydrogens is 400 g/mol. The summed E-state index contributed by atoms with van der Waals surface area (Å²) in [6.45, 7) is 0. The lowest BCUT2D eigenvalue weighted by Gasteiger charge is -2.15. The molecule has 7 heteroatoms. The predicted molar refractivity (Wildman–Crippen MR) is 116 cm³/mol. The highest BCUT2D eigenvalue weighted by Gasteiger charge is 2.37. The highest BCUT2D eigenvalue weighted by Crippen LogP contribution is 2.34. The van der Waals surface area contributed by atoms with E-state index < -0.39 is 16.7 Å². The van der Waals surface area contributed by atoms with Crippen LogP contribution in [0.4, 0.5) is 11.4 Å². The van der Waals surface area contributed by atoms with E-state index in [2.05, 4.69) is 12.1 Å². The number of carbonyl (C=O) groups excluding carboxylic acids is 2. The van der Waals surface area contributed by atoms with Gasteiger partial charge >= 0.3 is 0 Å². The maximum Gasteiger partial charge on any atom is 0.272 e. The minimum absolute atomic E-state index is 0.144. The van der Waals surface area contributed by atoms with Gasteiger partial charge in [0, 0.05) is 17.0 Å². The number of thioether (sulfide) groups is 1. The van der Waals surface area contributed by atoms with Gasteiger partial charge in [0.15, 0.2) is 0 Å². The summed E-state index contributed by atoms with van der Waals surface area (Å²) in [6.07, 6.45) is 1.81. The Morgan fingerprint density at radius 3 is 2.13 bits per heavy atom. The molecule has 1 aliphatic heterocycles. The molecule has 0 bridgehead atoms. The number of carbonyl (C=O) groups is 2. The van der Waals surface area contributed by atoms with Gasteiger partial charge in [-0.1, -0.05) is 42.5 Å². The molecule has 1 heterocycles. The summed E-state index contributed by atoms with van der Waals surface area (Å²) in [4.78, 5) is 38.1. The van der Waals surface area contributed by atoms with E-state index in [0.717, 1.165) is 23.5 Å². The zero-order valence-corrected chi connectivity index (χ0v) is 16.8. The molecule has 0 saturated heterocycles. The summed E-state index contributed by atoms with van der Waals surface area (Å²) in [5, 5.41) is 11.4. The van der Waals surface area contributed by atoms with Crippen molar-refractivity contribution in [3.8, 4) is 0 Å². The molecule has 0 radical (unpaired) electrons. The summed E-state index contributed by atoms with van der Waals surface area (Å²) in [5.41, 5.74) is 1.94. The first-order valence-electron chi connectivity index (χ1n) is 9.48. The Hall–Kier alpha value is -3.45. The normalized spacial score (nSPS) is 12.9. The molecule has 1 aliphatic rings. The van der Waals surface area contributed by atoms with E-state index in [1.54, 1.807) is 30.3 Å². The zero-order chi connectivity index (χ0) is 21.1. The zero-order valence-electron chi connectivity index (χ0n) is 16.0. The van der Waals surface area contributed by atoms with Gasteiger partial charge in [-0.15, -0.1) is 11.8 Å². The van der Waals surface area contributed by atoms with E-state index in [1.165, 1.54) is 29.5 Å². The fourth-order valence-electron chi connectivity index (χ4n) is 3.42. The van der Waals surface area contributed by atoms with Gasteiger partial charge in [-0.2, -0.15) is 0 Å². The van der Waals surface area contributed by atoms with Gasteiger partial charge < -0.3 is 0 Å². The van der Waals surface area contributed by atoms with Gasteiger partial charge in [-0.05, 0) is 42.4 Å². The van der Waals surface area contributed by atoms with Crippen molar-refractivity contribution in [1.29, 1.82) is 0 Å². The van der Waals surface area contributed by atoms with Crippen molar-refractivity contribution < 1.29 is 14.5 Å². The molecule has 3 aromatic carbocycles. The molecule has 0 aliphatic carbocycles. The van der Waals surface area contributed by atoms with Crippen LogP contribution >= 0.6 is 11.8 Å². The van der Waals surface area contributed by atoms with E-state index in [1.807, 2.05) is 18.2 Å². The standard InChI is InChI=1S/C23H18N2O4S/c26-22-20-10-4-5-11-21(20)23(27)24(22)17-13-18(25(28)29)15-19(14-17)30-12-6-9-16-7-2-1-3-8-16/h1-5,7-8,10-11,13-15H,6,9,12H2. The monoisotopic (exact) mass is 418 g/mol. The number of benzene rings is 3. The van der Waals surface area contributed by atoms with Crippen molar-refractivity contribution in [2.24, 2.45) is 0 Å². The molecule has 0 unspecified atom stereocenters. The molecule has 0 spiro atoms. The maximum absolute atomic E-state index is 12.7. The number of nitro benzene ring substituents is 1. The van der Waals surface area contributed by atoms with Crippen LogP contribution < -0.4 is 4.90 Å². The molecular formula is C23H18N2O4S. The van der Waals surface area contributed by atoms with Gasteiger partial charge in [0.2, 0.25) is 0 Å². The van der Waals surface area contributed by atoms with Gasteiger partial charge in [-0.25, -0.2) is 4.90 Å². The van der Waals surface area contributed by atoms with Crippen LogP contribution in [0.15, 0.2) is 77.7 Å². The first-order valence-corrected chi connectivity index (χ1v) is 10.5. The van der Waals surface area contributed by atoms with E-state index in [-0.39, 0.29) is 11.4 Å². The smallest absolute Gasteiger partial charge is 0.268 e. The molecule has 30 heavy (non-hydrogen) atoms. The fourth-order valence-corrected chi connectivity index (χ4v) is 4.35. The van der Waals surface area contributed by atoms with Crippen LogP contribution in [0.5, 0.6) is 0 Å². The summed E-state index contributed by atoms with van der Waals surface area (Å²) >= 11 is 1.48. The average Bonchev–Trinajstić information content (AvgIpc) is 3.02. The number of nitro groups is 1. The van der Waals surface area contributed by atoms with Gasteiger partial charge in [0.05, 0.1) is 21.7 Å². The number of non-ortho nitro benzene ring substituents is 1. The third-order valence-corrected chi connectivity index (χ3v) is 5.92. The van der Waals surface area contributed by atoms with Crippen LogP contribution in [0.1, 0.15) is 32.7 Å². The highest BCUT2D eigenvalue weighted by molar-refractivity contribution is 7.99. The van der Waals surface area contributed by atoms with Crippen molar-refractivity contribution >= 4 is 35.0 Å². The number of aryl methyl sites for hydroxylation is 1. The Kier molecular flexibility index (Phi) is 5.63. The predicted octanol–water partition coefficient (Wildman–Crippen LogP) is 5.12. The average molecular weight is 418 g/mol. The number of fused-ring (bicyclic) bond motifs is 1. The number of anilines is 1. The Morgan fingerprint density at radius 1 is 0.867 bits per heavy atom. The number of rotatable bonds is 7. The van der Waals surface area contributed by atoms with Crippen molar-refractivity contribution in [3.63, 3.8) is 0 Å². The molecule has 6 nitrogen and oxygen atoms in total. The quantitative estimate of drug-likeness (QED) is 0.175. The molecule has 0 N–H and O–H groups in total. The maximum atomic E-state index is 12.7. The second kappa shape index (κ2) is 8.51. The van der Waals surface area contributed by atoms with Crippen LogP contribution in [0.3, 0.4) is 0 Å². The number of imide groups is 1. The first kappa shape index (κ1) is 19.8. The fraction of sp³-hybridized carbons (Fsp3) is 0.130. The lowest BCUT2D eigenvalue weighted by Crippen LogP contribution is -2.29. The Morgan fingerprint density at radius 2 is 1.50 bits per heavy atom. The summed E-state index contributed by atoms with van der Waals surface area (Å²) in [6, 6.07) is 21.1. The molecule has 0 fully saturated rings. The van der Waals surface area contributed by atoms with Crippen LogP contribution in [0, 0.1) is 10.1 Å². The Balaban J connectivity index is 1.54. The summed E-state index contributed by atoms with van der Waals surface area (Å²) < 4.78 is 0. The largest absolute Gasteiger partial charge is 0.272 e. The molecule has 3 aromatic rings. The topological polar surface area (TPSA) is 80.5 Å². The first-order chi connectivity index (χ1) is 14.5. The van der Waals surface area contributed by atoms with Gasteiger partial charge in [0.25, 0.3) is 17.5 Å². The Bertz CT molecular complexity index is 1100. The van der Waals surface area contributed by atoms with Gasteiger partial charge in [-0.3, -0.25) is 19.7 Å². The number of amides is 2. The second-order valence-electron chi connectivity index (χ2n) is 6.87. The molecule has 150 valence electrons. The van der Waals surface area contributed by atoms with Crippen molar-refractivity contribution in [2.45, 2.75) is 17.7 Å². The molecule has 4 rings (SSSR count). The third kappa shape index (κ3) is 3.97. The summed E-state index contributed by atoms with van der Waals surface area (Å²) in [5.74, 6) is -0.162. The van der Waals surface area contributed by atoms with E-state index in [0.29, 0.717) is 16.0 Å². The van der Waals surface area contributed by atoms with Gasteiger partial charge in [0.1, 0.15) is 0 Å². The van der Waals surface area contributed by atoms with Crippen LogP contribution in [0.25, 0.3) is 0 Å². The summed E-state index contributed by atoms with van der Waals surface area (Å²) in [7, 11) is 0. The van der Waals surface area contributed by atoms with E-state index >= 15 is 0 Å². The van der Waals surface area contributed by atoms with Crippen LogP contribution in [-0.2, 0) is 6.42 Å². The number of nitrogens with zero attached hydrogens (tertiary/aromatic N) is 2. The lowest BCUT2D eigenvalue weighted by atomic mass is 10.1. The SMILES string of the molecule is O=C1c2ccccc2C(=O)N1c1cc(SCCCc2ccccc2)cc([N+](=O)[O-])c1. The van der Waals surface area contributed by atoms with Crippen LogP contribution in [0.2, 0.25) is 0 Å². The second-order valence-corrected chi connectivity index (χ2v) is 8.04. The lowest BCUT2D eigenvalue weighted by molar-refractivity contribution is -0.385. The molecule has 0 aromatic heterocycles.